The van der Waals surface area contributed by atoms with Gasteiger partial charge in [-0.1, -0.05) is 33.6 Å². The molecule has 0 bridgehead atoms. The molecule has 3 aliphatic rings. The summed E-state index contributed by atoms with van der Waals surface area (Å²) in [5.41, 5.74) is 0.970. The Bertz CT molecular complexity index is 848. The Morgan fingerprint density at radius 1 is 1.30 bits per heavy atom. The molecule has 0 aromatic carbocycles. The first-order valence-corrected chi connectivity index (χ1v) is 12.1. The van der Waals surface area contributed by atoms with Crippen molar-refractivity contribution in [3.63, 3.8) is 0 Å². The van der Waals surface area contributed by atoms with Crippen LogP contribution in [0.25, 0.3) is 0 Å². The number of aryl methyl sites for hydroxylation is 1. The summed E-state index contributed by atoms with van der Waals surface area (Å²) >= 11 is 1.61. The minimum absolute atomic E-state index is 0.0498. The Kier molecular flexibility index (Phi) is 5.68. The van der Waals surface area contributed by atoms with Gasteiger partial charge in [-0.15, -0.1) is 11.3 Å². The number of thiophene rings is 1. The minimum atomic E-state index is -0.652. The van der Waals surface area contributed by atoms with E-state index < -0.39 is 5.54 Å². The molecule has 2 aliphatic carbocycles. The van der Waals surface area contributed by atoms with Crippen molar-refractivity contribution in [2.24, 2.45) is 11.3 Å². The van der Waals surface area contributed by atoms with Crippen LogP contribution < -0.4 is 10.6 Å². The number of imide groups is 1. The quantitative estimate of drug-likeness (QED) is 0.548. The van der Waals surface area contributed by atoms with Crippen LogP contribution in [0.1, 0.15) is 79.4 Å². The standard InChI is InChI=1S/C23H33N3O3S/c1-22(2,3)16-7-8-17-15(13-16)14-18(30-17)19(27)24-11-6-12-26-20(28)23(25-21(26)29)9-4-5-10-23/h14,16H,4-13H2,1-3H3,(H,24,27)(H,25,29). The maximum atomic E-state index is 12.7. The maximum Gasteiger partial charge on any atom is 0.325 e. The lowest BCUT2D eigenvalue weighted by atomic mass is 9.72. The molecule has 1 aromatic heterocycles. The highest BCUT2D eigenvalue weighted by Gasteiger charge is 2.52. The summed E-state index contributed by atoms with van der Waals surface area (Å²) in [5.74, 6) is 0.518. The van der Waals surface area contributed by atoms with Gasteiger partial charge in [-0.25, -0.2) is 4.79 Å². The molecule has 1 aliphatic heterocycles. The predicted molar refractivity (Wildman–Crippen MR) is 118 cm³/mol. The van der Waals surface area contributed by atoms with E-state index in [9.17, 15) is 14.4 Å². The van der Waals surface area contributed by atoms with Crippen LogP contribution in [0.15, 0.2) is 6.07 Å². The van der Waals surface area contributed by atoms with Crippen molar-refractivity contribution in [1.82, 2.24) is 15.5 Å². The minimum Gasteiger partial charge on any atom is -0.351 e. The van der Waals surface area contributed by atoms with Gasteiger partial charge < -0.3 is 10.6 Å². The molecule has 1 aromatic rings. The van der Waals surface area contributed by atoms with E-state index in [-0.39, 0.29) is 17.8 Å². The molecule has 4 amide bonds. The Morgan fingerprint density at radius 2 is 2.03 bits per heavy atom. The van der Waals surface area contributed by atoms with E-state index in [1.54, 1.807) is 11.3 Å². The predicted octanol–water partition coefficient (Wildman–Crippen LogP) is 3.88. The third kappa shape index (κ3) is 4.01. The fourth-order valence-electron chi connectivity index (χ4n) is 5.10. The summed E-state index contributed by atoms with van der Waals surface area (Å²) in [6, 6.07) is 1.78. The molecule has 1 saturated heterocycles. The zero-order valence-electron chi connectivity index (χ0n) is 18.3. The first-order chi connectivity index (χ1) is 14.2. The van der Waals surface area contributed by atoms with E-state index in [1.807, 2.05) is 0 Å². The molecule has 1 atom stereocenters. The number of fused-ring (bicyclic) bond motifs is 1. The van der Waals surface area contributed by atoms with Crippen LogP contribution in [0, 0.1) is 11.3 Å². The van der Waals surface area contributed by atoms with E-state index in [1.165, 1.54) is 21.8 Å². The fourth-order valence-corrected chi connectivity index (χ4v) is 6.22. The molecule has 0 radical (unpaired) electrons. The maximum absolute atomic E-state index is 12.7. The number of carbonyl (C=O) groups excluding carboxylic acids is 3. The number of rotatable bonds is 5. The van der Waals surface area contributed by atoms with Crippen LogP contribution in [0.3, 0.4) is 0 Å². The van der Waals surface area contributed by atoms with E-state index in [2.05, 4.69) is 37.5 Å². The number of urea groups is 1. The van der Waals surface area contributed by atoms with Gasteiger partial charge in [-0.2, -0.15) is 0 Å². The topological polar surface area (TPSA) is 78.5 Å². The first-order valence-electron chi connectivity index (χ1n) is 11.2. The summed E-state index contributed by atoms with van der Waals surface area (Å²) in [6.45, 7) is 7.69. The lowest BCUT2D eigenvalue weighted by molar-refractivity contribution is -0.131. The van der Waals surface area contributed by atoms with Crippen molar-refractivity contribution in [3.8, 4) is 0 Å². The largest absolute Gasteiger partial charge is 0.351 e. The van der Waals surface area contributed by atoms with Gasteiger partial charge in [0.25, 0.3) is 11.8 Å². The van der Waals surface area contributed by atoms with E-state index in [0.29, 0.717) is 30.8 Å². The monoisotopic (exact) mass is 431 g/mol. The Hall–Kier alpha value is -1.89. The van der Waals surface area contributed by atoms with Crippen molar-refractivity contribution in [3.05, 3.63) is 21.4 Å². The summed E-state index contributed by atoms with van der Waals surface area (Å²) < 4.78 is 0. The second-order valence-corrected chi connectivity index (χ2v) is 11.3. The normalized spacial score (nSPS) is 23.0. The van der Waals surface area contributed by atoms with Crippen molar-refractivity contribution in [2.45, 2.75) is 77.7 Å². The number of nitrogens with zero attached hydrogens (tertiary/aromatic N) is 1. The van der Waals surface area contributed by atoms with Crippen molar-refractivity contribution >= 4 is 29.2 Å². The van der Waals surface area contributed by atoms with Crippen molar-refractivity contribution in [1.29, 1.82) is 0 Å². The third-order valence-electron chi connectivity index (χ3n) is 7.08. The fraction of sp³-hybridized carbons (Fsp3) is 0.696. The second-order valence-electron chi connectivity index (χ2n) is 10.2. The molecule has 2 N–H and O–H groups in total. The number of hydrogen-bond donors (Lipinski definition) is 2. The number of nitrogens with one attached hydrogen (secondary N) is 2. The molecular formula is C23H33N3O3S. The zero-order chi connectivity index (χ0) is 21.5. The molecule has 164 valence electrons. The smallest absolute Gasteiger partial charge is 0.325 e. The molecular weight excluding hydrogens is 398 g/mol. The van der Waals surface area contributed by atoms with Crippen molar-refractivity contribution < 1.29 is 14.4 Å². The zero-order valence-corrected chi connectivity index (χ0v) is 19.1. The first kappa shape index (κ1) is 21.3. The van der Waals surface area contributed by atoms with E-state index in [4.69, 9.17) is 0 Å². The Morgan fingerprint density at radius 3 is 2.73 bits per heavy atom. The molecule has 4 rings (SSSR count). The summed E-state index contributed by atoms with van der Waals surface area (Å²) in [5, 5.41) is 5.86. The van der Waals surface area contributed by atoms with Gasteiger partial charge in [-0.3, -0.25) is 14.5 Å². The molecule has 2 heterocycles. The van der Waals surface area contributed by atoms with Gasteiger partial charge in [-0.05, 0) is 61.5 Å². The average Bonchev–Trinajstić information content (AvgIpc) is 3.38. The second kappa shape index (κ2) is 7.98. The van der Waals surface area contributed by atoms with Gasteiger partial charge in [0.2, 0.25) is 0 Å². The highest BCUT2D eigenvalue weighted by atomic mass is 32.1. The SMILES string of the molecule is CC(C)(C)C1CCc2sc(C(=O)NCCCN3C(=O)NC4(CCCC4)C3=O)cc2C1. The average molecular weight is 432 g/mol. The third-order valence-corrected chi connectivity index (χ3v) is 8.31. The lowest BCUT2D eigenvalue weighted by Crippen LogP contribution is -2.44. The van der Waals surface area contributed by atoms with Crippen LogP contribution in [-0.4, -0.2) is 41.4 Å². The molecule has 1 spiro atoms. The van der Waals surface area contributed by atoms with Gasteiger partial charge in [0.05, 0.1) is 4.88 Å². The summed E-state index contributed by atoms with van der Waals surface area (Å²) in [6.07, 6.45) is 7.31. The molecule has 7 heteroatoms. The number of carbonyl (C=O) groups is 3. The molecule has 6 nitrogen and oxygen atoms in total. The van der Waals surface area contributed by atoms with Crippen LogP contribution >= 0.6 is 11.3 Å². The summed E-state index contributed by atoms with van der Waals surface area (Å²) in [7, 11) is 0. The summed E-state index contributed by atoms with van der Waals surface area (Å²) in [4.78, 5) is 40.9. The van der Waals surface area contributed by atoms with Crippen LogP contribution in [0.5, 0.6) is 0 Å². The Labute approximate surface area is 182 Å². The number of amides is 4. The highest BCUT2D eigenvalue weighted by Crippen LogP contribution is 2.40. The van der Waals surface area contributed by atoms with E-state index in [0.717, 1.165) is 43.4 Å². The van der Waals surface area contributed by atoms with Crippen LogP contribution in [0.4, 0.5) is 4.79 Å². The van der Waals surface area contributed by atoms with Gasteiger partial charge >= 0.3 is 6.03 Å². The van der Waals surface area contributed by atoms with E-state index >= 15 is 0 Å². The Balaban J connectivity index is 1.27. The van der Waals surface area contributed by atoms with Crippen molar-refractivity contribution in [2.75, 3.05) is 13.1 Å². The van der Waals surface area contributed by atoms with Gasteiger partial charge in [0.1, 0.15) is 5.54 Å². The van der Waals surface area contributed by atoms with Crippen LogP contribution in [0.2, 0.25) is 0 Å². The number of hydrogen-bond acceptors (Lipinski definition) is 4. The van der Waals surface area contributed by atoms with Gasteiger partial charge in [0.15, 0.2) is 0 Å². The molecule has 1 saturated carbocycles. The molecule has 30 heavy (non-hydrogen) atoms. The highest BCUT2D eigenvalue weighted by molar-refractivity contribution is 7.14. The van der Waals surface area contributed by atoms with Gasteiger partial charge in [0, 0.05) is 18.0 Å². The molecule has 1 unspecified atom stereocenters. The molecule has 2 fully saturated rings. The van der Waals surface area contributed by atoms with Crippen LogP contribution in [-0.2, 0) is 17.6 Å². The lowest BCUT2D eigenvalue weighted by Gasteiger charge is -2.33.